The minimum absolute atomic E-state index is 0.125. The molecule has 1 N–H and O–H groups in total. The zero-order valence-electron chi connectivity index (χ0n) is 9.99. The maximum Gasteiger partial charge on any atom is 0.238 e. The molecule has 3 nitrogen and oxygen atoms in total. The van der Waals surface area contributed by atoms with E-state index < -0.39 is 0 Å². The number of anilines is 1. The molecule has 0 radical (unpaired) electrons. The Labute approximate surface area is 110 Å². The van der Waals surface area contributed by atoms with Gasteiger partial charge in [-0.25, -0.2) is 4.39 Å². The molecule has 96 valence electrons. The lowest BCUT2D eigenvalue weighted by atomic mass is 10.0. The lowest BCUT2D eigenvalue weighted by Gasteiger charge is -2.40. The molecule has 0 bridgehead atoms. The Balaban J connectivity index is 1.96. The summed E-state index contributed by atoms with van der Waals surface area (Å²) < 4.78 is 13.0. The molecule has 0 unspecified atom stereocenters. The first-order valence-electron chi connectivity index (χ1n) is 6.15. The quantitative estimate of drug-likeness (QED) is 0.843. The predicted molar refractivity (Wildman–Crippen MR) is 71.2 cm³/mol. The van der Waals surface area contributed by atoms with Crippen molar-refractivity contribution in [3.05, 3.63) is 30.1 Å². The molecule has 1 spiro atoms. The molecule has 0 aromatic heterocycles. The maximum atomic E-state index is 13.0. The third-order valence-corrected chi connectivity index (χ3v) is 5.11. The van der Waals surface area contributed by atoms with E-state index in [9.17, 15) is 9.18 Å². The summed E-state index contributed by atoms with van der Waals surface area (Å²) in [6.45, 7) is 1.86. The second-order valence-electron chi connectivity index (χ2n) is 4.69. The van der Waals surface area contributed by atoms with Crippen LogP contribution in [0.5, 0.6) is 0 Å². The van der Waals surface area contributed by atoms with Crippen LogP contribution in [0, 0.1) is 5.82 Å². The molecule has 0 saturated carbocycles. The van der Waals surface area contributed by atoms with E-state index in [4.69, 9.17) is 0 Å². The molecule has 5 heteroatoms. The molecule has 3 rings (SSSR count). The van der Waals surface area contributed by atoms with Gasteiger partial charge in [-0.05, 0) is 50.2 Å². The molecule has 2 aliphatic rings. The Hall–Kier alpha value is -1.07. The molecular weight excluding hydrogens is 251 g/mol. The second-order valence-corrected chi connectivity index (χ2v) is 6.03. The third-order valence-electron chi connectivity index (χ3n) is 3.59. The van der Waals surface area contributed by atoms with Crippen LogP contribution in [-0.2, 0) is 4.79 Å². The fourth-order valence-electron chi connectivity index (χ4n) is 2.71. The average Bonchev–Trinajstić information content (AvgIpc) is 2.69. The van der Waals surface area contributed by atoms with Gasteiger partial charge < -0.3 is 5.32 Å². The molecule has 2 heterocycles. The summed E-state index contributed by atoms with van der Waals surface area (Å²) in [6, 6.07) is 6.23. The molecule has 1 aromatic carbocycles. The number of nitrogens with zero attached hydrogens (tertiary/aromatic N) is 1. The van der Waals surface area contributed by atoms with Crippen LogP contribution in [0.3, 0.4) is 0 Å². The zero-order valence-corrected chi connectivity index (χ0v) is 10.8. The number of rotatable bonds is 1. The summed E-state index contributed by atoms with van der Waals surface area (Å²) in [5.41, 5.74) is 0.813. The highest BCUT2D eigenvalue weighted by atomic mass is 32.2. The first-order chi connectivity index (χ1) is 8.71. The van der Waals surface area contributed by atoms with Gasteiger partial charge in [-0.1, -0.05) is 0 Å². The van der Waals surface area contributed by atoms with Crippen molar-refractivity contribution in [2.24, 2.45) is 0 Å². The highest BCUT2D eigenvalue weighted by Crippen LogP contribution is 2.45. The minimum atomic E-state index is -0.266. The van der Waals surface area contributed by atoms with E-state index in [0.717, 1.165) is 31.6 Å². The van der Waals surface area contributed by atoms with Crippen LogP contribution in [0.2, 0.25) is 0 Å². The van der Waals surface area contributed by atoms with E-state index in [1.165, 1.54) is 12.1 Å². The Kier molecular flexibility index (Phi) is 3.03. The van der Waals surface area contributed by atoms with Gasteiger partial charge in [0, 0.05) is 5.69 Å². The first-order valence-corrected chi connectivity index (χ1v) is 7.13. The molecule has 0 aliphatic carbocycles. The van der Waals surface area contributed by atoms with Gasteiger partial charge in [0.2, 0.25) is 5.91 Å². The smallest absolute Gasteiger partial charge is 0.238 e. The van der Waals surface area contributed by atoms with Crippen LogP contribution in [0.4, 0.5) is 10.1 Å². The lowest BCUT2D eigenvalue weighted by molar-refractivity contribution is -0.116. The largest absolute Gasteiger partial charge is 0.316 e. The third kappa shape index (κ3) is 1.91. The predicted octanol–water partition coefficient (Wildman–Crippen LogP) is 1.99. The van der Waals surface area contributed by atoms with E-state index in [2.05, 4.69) is 5.32 Å². The first kappa shape index (κ1) is 12.0. The van der Waals surface area contributed by atoms with Gasteiger partial charge >= 0.3 is 0 Å². The van der Waals surface area contributed by atoms with Gasteiger partial charge in [0.25, 0.3) is 0 Å². The molecule has 18 heavy (non-hydrogen) atoms. The van der Waals surface area contributed by atoms with E-state index in [0.29, 0.717) is 5.75 Å². The average molecular weight is 266 g/mol. The molecule has 2 fully saturated rings. The lowest BCUT2D eigenvalue weighted by Crippen LogP contribution is -2.51. The van der Waals surface area contributed by atoms with Crippen LogP contribution < -0.4 is 10.2 Å². The minimum Gasteiger partial charge on any atom is -0.316 e. The van der Waals surface area contributed by atoms with Gasteiger partial charge in [-0.3, -0.25) is 9.69 Å². The summed E-state index contributed by atoms with van der Waals surface area (Å²) in [5, 5.41) is 3.32. The number of carbonyl (C=O) groups excluding carboxylic acids is 1. The topological polar surface area (TPSA) is 32.3 Å². The Morgan fingerprint density at radius 3 is 2.56 bits per heavy atom. The zero-order chi connectivity index (χ0) is 12.6. The molecule has 1 amide bonds. The fourth-order valence-corrected chi connectivity index (χ4v) is 4.06. The van der Waals surface area contributed by atoms with Crippen LogP contribution >= 0.6 is 11.8 Å². The Morgan fingerprint density at radius 2 is 1.89 bits per heavy atom. The second kappa shape index (κ2) is 4.55. The van der Waals surface area contributed by atoms with Crippen LogP contribution in [0.1, 0.15) is 12.8 Å². The molecular formula is C13H15FN2OS. The number of hydrogen-bond acceptors (Lipinski definition) is 3. The van der Waals surface area contributed by atoms with Crippen molar-refractivity contribution in [3.8, 4) is 0 Å². The van der Waals surface area contributed by atoms with E-state index >= 15 is 0 Å². The summed E-state index contributed by atoms with van der Waals surface area (Å²) in [6.07, 6.45) is 1.89. The number of hydrogen-bond donors (Lipinski definition) is 1. The number of thioether (sulfide) groups is 1. The summed E-state index contributed by atoms with van der Waals surface area (Å²) in [7, 11) is 0. The molecule has 2 saturated heterocycles. The number of carbonyl (C=O) groups is 1. The van der Waals surface area contributed by atoms with Crippen molar-refractivity contribution in [1.82, 2.24) is 5.32 Å². The van der Waals surface area contributed by atoms with Crippen molar-refractivity contribution in [2.75, 3.05) is 23.7 Å². The number of halogens is 1. The normalized spacial score (nSPS) is 22.7. The standard InChI is InChI=1S/C13H15FN2OS/c14-10-1-3-11(4-2-10)16-12(17)9-18-13(16)5-7-15-8-6-13/h1-4,15H,5-9H2. The fraction of sp³-hybridized carbons (Fsp3) is 0.462. The number of benzene rings is 1. The van der Waals surface area contributed by atoms with Gasteiger partial charge in [-0.15, -0.1) is 11.8 Å². The van der Waals surface area contributed by atoms with E-state index in [1.807, 2.05) is 4.90 Å². The van der Waals surface area contributed by atoms with Crippen LogP contribution in [0.15, 0.2) is 24.3 Å². The number of nitrogens with one attached hydrogen (secondary N) is 1. The highest BCUT2D eigenvalue weighted by Gasteiger charge is 2.47. The summed E-state index contributed by atoms with van der Waals surface area (Å²) >= 11 is 1.72. The molecule has 2 aliphatic heterocycles. The summed E-state index contributed by atoms with van der Waals surface area (Å²) in [5.74, 6) is 0.392. The van der Waals surface area contributed by atoms with Crippen LogP contribution in [0.25, 0.3) is 0 Å². The van der Waals surface area contributed by atoms with Crippen molar-refractivity contribution in [2.45, 2.75) is 17.7 Å². The van der Waals surface area contributed by atoms with Crippen molar-refractivity contribution >= 4 is 23.4 Å². The van der Waals surface area contributed by atoms with Gasteiger partial charge in [0.05, 0.1) is 10.6 Å². The van der Waals surface area contributed by atoms with Crippen LogP contribution in [-0.4, -0.2) is 29.6 Å². The van der Waals surface area contributed by atoms with Crippen molar-refractivity contribution < 1.29 is 9.18 Å². The SMILES string of the molecule is O=C1CSC2(CCNCC2)N1c1ccc(F)cc1. The molecule has 0 atom stereocenters. The van der Waals surface area contributed by atoms with Gasteiger partial charge in [-0.2, -0.15) is 0 Å². The monoisotopic (exact) mass is 266 g/mol. The maximum absolute atomic E-state index is 13.0. The number of amides is 1. The number of piperidine rings is 1. The Bertz CT molecular complexity index is 457. The highest BCUT2D eigenvalue weighted by molar-refractivity contribution is 8.02. The van der Waals surface area contributed by atoms with Gasteiger partial charge in [0.1, 0.15) is 5.82 Å². The van der Waals surface area contributed by atoms with E-state index in [1.54, 1.807) is 23.9 Å². The van der Waals surface area contributed by atoms with Crippen molar-refractivity contribution in [1.29, 1.82) is 0 Å². The van der Waals surface area contributed by atoms with Gasteiger partial charge in [0.15, 0.2) is 0 Å². The Morgan fingerprint density at radius 1 is 1.22 bits per heavy atom. The van der Waals surface area contributed by atoms with E-state index in [-0.39, 0.29) is 16.6 Å². The van der Waals surface area contributed by atoms with Crippen molar-refractivity contribution in [3.63, 3.8) is 0 Å². The summed E-state index contributed by atoms with van der Waals surface area (Å²) in [4.78, 5) is 13.9. The molecule has 1 aromatic rings.